The molecule has 0 radical (unpaired) electrons. The molecule has 0 fully saturated rings. The molecule has 0 spiro atoms. The number of rotatable bonds is 2. The predicted molar refractivity (Wildman–Crippen MR) is 69.4 cm³/mol. The molecule has 0 saturated carbocycles. The summed E-state index contributed by atoms with van der Waals surface area (Å²) in [6, 6.07) is 7.39. The Morgan fingerprint density at radius 1 is 1.22 bits per heavy atom. The van der Waals surface area contributed by atoms with Crippen molar-refractivity contribution in [3.05, 3.63) is 47.3 Å². The van der Waals surface area contributed by atoms with Crippen LogP contribution in [0.2, 0.25) is 0 Å². The van der Waals surface area contributed by atoms with Crippen LogP contribution in [0.1, 0.15) is 16.7 Å². The Labute approximate surface area is 106 Å². The van der Waals surface area contributed by atoms with Crippen LogP contribution in [0.15, 0.2) is 30.6 Å². The van der Waals surface area contributed by atoms with Crippen LogP contribution in [0.25, 0.3) is 0 Å². The van der Waals surface area contributed by atoms with Crippen molar-refractivity contribution in [1.29, 1.82) is 5.26 Å². The van der Waals surface area contributed by atoms with Gasteiger partial charge in [-0.05, 0) is 31.0 Å². The lowest BCUT2D eigenvalue weighted by Crippen LogP contribution is -1.95. The molecule has 90 valence electrons. The molecule has 4 heteroatoms. The number of ether oxygens (including phenoxy) is 1. The molecular formula is C14H13N3O. The van der Waals surface area contributed by atoms with Crippen molar-refractivity contribution >= 4 is 5.69 Å². The van der Waals surface area contributed by atoms with Crippen molar-refractivity contribution < 1.29 is 4.74 Å². The van der Waals surface area contributed by atoms with Crippen LogP contribution in [0, 0.1) is 25.2 Å². The molecule has 0 aliphatic carbocycles. The Kier molecular flexibility index (Phi) is 3.16. The Balaban J connectivity index is 2.41. The second kappa shape index (κ2) is 4.76. The minimum Gasteiger partial charge on any atom is -0.454 e. The normalized spacial score (nSPS) is 9.83. The van der Waals surface area contributed by atoms with Crippen LogP contribution >= 0.6 is 0 Å². The van der Waals surface area contributed by atoms with Crippen LogP contribution in [-0.4, -0.2) is 4.98 Å². The minimum atomic E-state index is 0.436. The third-order valence-corrected chi connectivity index (χ3v) is 2.69. The van der Waals surface area contributed by atoms with Gasteiger partial charge in [0, 0.05) is 18.0 Å². The monoisotopic (exact) mass is 239 g/mol. The summed E-state index contributed by atoms with van der Waals surface area (Å²) in [5.41, 5.74) is 8.94. The van der Waals surface area contributed by atoms with Gasteiger partial charge in [-0.15, -0.1) is 0 Å². The van der Waals surface area contributed by atoms with Crippen molar-refractivity contribution in [3.8, 4) is 17.6 Å². The molecule has 2 rings (SSSR count). The number of anilines is 1. The molecule has 2 aromatic rings. The highest BCUT2D eigenvalue weighted by Gasteiger charge is 2.08. The number of nitriles is 1. The molecule has 2 N–H and O–H groups in total. The Hall–Kier alpha value is -2.54. The maximum absolute atomic E-state index is 8.98. The lowest BCUT2D eigenvalue weighted by Gasteiger charge is -2.11. The van der Waals surface area contributed by atoms with E-state index in [0.29, 0.717) is 22.7 Å². The molecule has 0 aliphatic heterocycles. The molecule has 4 nitrogen and oxygen atoms in total. The molecule has 1 heterocycles. The number of nitrogens with zero attached hydrogens (tertiary/aromatic N) is 2. The van der Waals surface area contributed by atoms with E-state index in [0.717, 1.165) is 11.1 Å². The summed E-state index contributed by atoms with van der Waals surface area (Å²) in [6.45, 7) is 3.88. The summed E-state index contributed by atoms with van der Waals surface area (Å²) in [7, 11) is 0. The van der Waals surface area contributed by atoms with Crippen LogP contribution < -0.4 is 10.5 Å². The first-order chi connectivity index (χ1) is 8.61. The number of aryl methyl sites for hydroxylation is 2. The van der Waals surface area contributed by atoms with E-state index in [1.165, 1.54) is 6.20 Å². The van der Waals surface area contributed by atoms with E-state index in [-0.39, 0.29) is 0 Å². The summed E-state index contributed by atoms with van der Waals surface area (Å²) in [5.74, 6) is 1.08. The highest BCUT2D eigenvalue weighted by molar-refractivity contribution is 5.55. The summed E-state index contributed by atoms with van der Waals surface area (Å²) in [6.07, 6.45) is 3.08. The van der Waals surface area contributed by atoms with E-state index in [2.05, 4.69) is 11.1 Å². The van der Waals surface area contributed by atoms with Crippen molar-refractivity contribution in [2.45, 2.75) is 13.8 Å². The fraction of sp³-hybridized carbons (Fsp3) is 0.143. The van der Waals surface area contributed by atoms with E-state index in [1.54, 1.807) is 18.3 Å². The van der Waals surface area contributed by atoms with Gasteiger partial charge in [-0.3, -0.25) is 4.98 Å². The molecule has 0 bridgehead atoms. The van der Waals surface area contributed by atoms with Crippen LogP contribution in [-0.2, 0) is 0 Å². The van der Waals surface area contributed by atoms with Gasteiger partial charge in [0.05, 0.1) is 11.8 Å². The number of hydrogen-bond acceptors (Lipinski definition) is 4. The van der Waals surface area contributed by atoms with Crippen molar-refractivity contribution in [2.24, 2.45) is 0 Å². The minimum absolute atomic E-state index is 0.436. The lowest BCUT2D eigenvalue weighted by atomic mass is 10.1. The molecule has 0 atom stereocenters. The number of hydrogen-bond donors (Lipinski definition) is 1. The Morgan fingerprint density at radius 2 is 2.00 bits per heavy atom. The number of benzene rings is 1. The van der Waals surface area contributed by atoms with E-state index < -0.39 is 0 Å². The Morgan fingerprint density at radius 3 is 2.72 bits per heavy atom. The van der Waals surface area contributed by atoms with Gasteiger partial charge in [0.1, 0.15) is 11.8 Å². The van der Waals surface area contributed by atoms with E-state index in [9.17, 15) is 0 Å². The fourth-order valence-corrected chi connectivity index (χ4v) is 1.63. The highest BCUT2D eigenvalue weighted by atomic mass is 16.5. The molecule has 18 heavy (non-hydrogen) atoms. The average molecular weight is 239 g/mol. The zero-order valence-electron chi connectivity index (χ0n) is 10.3. The lowest BCUT2D eigenvalue weighted by molar-refractivity contribution is 0.475. The van der Waals surface area contributed by atoms with Gasteiger partial charge in [0.25, 0.3) is 0 Å². The fourth-order valence-electron chi connectivity index (χ4n) is 1.63. The van der Waals surface area contributed by atoms with Crippen LogP contribution in [0.4, 0.5) is 5.69 Å². The van der Waals surface area contributed by atoms with Gasteiger partial charge in [0.15, 0.2) is 5.75 Å². The van der Waals surface area contributed by atoms with Crippen molar-refractivity contribution in [2.75, 3.05) is 5.73 Å². The number of aromatic nitrogens is 1. The molecule has 0 amide bonds. The van der Waals surface area contributed by atoms with Gasteiger partial charge >= 0.3 is 0 Å². The Bertz CT molecular complexity index is 629. The van der Waals surface area contributed by atoms with Gasteiger partial charge in [-0.2, -0.15) is 5.26 Å². The topological polar surface area (TPSA) is 71.9 Å². The van der Waals surface area contributed by atoms with E-state index in [4.69, 9.17) is 15.7 Å². The molecule has 0 aliphatic rings. The van der Waals surface area contributed by atoms with Gasteiger partial charge in [0.2, 0.25) is 0 Å². The number of nitrogens with two attached hydrogens (primary N) is 1. The zero-order valence-corrected chi connectivity index (χ0v) is 10.3. The summed E-state index contributed by atoms with van der Waals surface area (Å²) < 4.78 is 5.70. The molecule has 1 aromatic carbocycles. The smallest absolute Gasteiger partial charge is 0.163 e. The first-order valence-corrected chi connectivity index (χ1v) is 5.50. The second-order valence-electron chi connectivity index (χ2n) is 4.06. The third-order valence-electron chi connectivity index (χ3n) is 2.69. The van der Waals surface area contributed by atoms with E-state index in [1.807, 2.05) is 19.9 Å². The van der Waals surface area contributed by atoms with Crippen LogP contribution in [0.3, 0.4) is 0 Å². The molecule has 0 saturated heterocycles. The molecular weight excluding hydrogens is 226 g/mol. The molecule has 0 unspecified atom stereocenters. The van der Waals surface area contributed by atoms with E-state index >= 15 is 0 Å². The van der Waals surface area contributed by atoms with Gasteiger partial charge in [-0.25, -0.2) is 0 Å². The summed E-state index contributed by atoms with van der Waals surface area (Å²) in [5, 5.41) is 8.98. The first kappa shape index (κ1) is 11.9. The van der Waals surface area contributed by atoms with Gasteiger partial charge in [-0.1, -0.05) is 6.07 Å². The largest absolute Gasteiger partial charge is 0.454 e. The maximum Gasteiger partial charge on any atom is 0.163 e. The summed E-state index contributed by atoms with van der Waals surface area (Å²) >= 11 is 0. The molecule has 1 aromatic heterocycles. The standard InChI is InChI=1S/C14H13N3O/c1-9-5-10(2)13(6-12(9)16)18-14-8-17-4-3-11(14)7-15/h3-6,8H,16H2,1-2H3. The van der Waals surface area contributed by atoms with Crippen LogP contribution in [0.5, 0.6) is 11.5 Å². The third kappa shape index (κ3) is 2.25. The van der Waals surface area contributed by atoms with Crippen molar-refractivity contribution in [1.82, 2.24) is 4.98 Å². The number of pyridine rings is 1. The van der Waals surface area contributed by atoms with Gasteiger partial charge < -0.3 is 10.5 Å². The quantitative estimate of drug-likeness (QED) is 0.818. The highest BCUT2D eigenvalue weighted by Crippen LogP contribution is 2.30. The zero-order chi connectivity index (χ0) is 13.1. The second-order valence-corrected chi connectivity index (χ2v) is 4.06. The van der Waals surface area contributed by atoms with Crippen molar-refractivity contribution in [3.63, 3.8) is 0 Å². The SMILES string of the molecule is Cc1cc(C)c(Oc2cnccc2C#N)cc1N. The first-order valence-electron chi connectivity index (χ1n) is 5.50. The maximum atomic E-state index is 8.98. The number of nitrogen functional groups attached to an aromatic ring is 1. The average Bonchev–Trinajstić information content (AvgIpc) is 2.36. The predicted octanol–water partition coefficient (Wildman–Crippen LogP) is 2.94. The summed E-state index contributed by atoms with van der Waals surface area (Å²) in [4.78, 5) is 3.95.